The van der Waals surface area contributed by atoms with Crippen molar-refractivity contribution in [2.45, 2.75) is 6.61 Å². The van der Waals surface area contributed by atoms with Crippen molar-refractivity contribution < 1.29 is 4.74 Å². The average Bonchev–Trinajstić information content (AvgIpc) is 2.45. The van der Waals surface area contributed by atoms with Gasteiger partial charge in [0.2, 0.25) is 0 Å². The molecule has 0 aliphatic rings. The van der Waals surface area contributed by atoms with Gasteiger partial charge in [0.05, 0.1) is 6.21 Å². The Balaban J connectivity index is 2.08. The van der Waals surface area contributed by atoms with Crippen LogP contribution in [0, 0.1) is 0 Å². The van der Waals surface area contributed by atoms with Gasteiger partial charge in [0, 0.05) is 29.7 Å². The monoisotopic (exact) mass is 322 g/mol. The number of benzene rings is 2. The molecule has 2 aromatic carbocycles. The minimum atomic E-state index is 0.326. The van der Waals surface area contributed by atoms with Gasteiger partial charge in [-0.05, 0) is 29.8 Å². The molecule has 0 aliphatic heterocycles. The molecular weight excluding hydrogens is 307 g/mol. The lowest BCUT2D eigenvalue weighted by Gasteiger charge is -2.10. The molecule has 3 nitrogen and oxygen atoms in total. The lowest BCUT2D eigenvalue weighted by atomic mass is 10.2. The van der Waals surface area contributed by atoms with Gasteiger partial charge < -0.3 is 9.75 Å². The van der Waals surface area contributed by atoms with Crippen molar-refractivity contribution in [2.75, 3.05) is 14.1 Å². The van der Waals surface area contributed by atoms with Crippen molar-refractivity contribution in [3.8, 4) is 5.75 Å². The molecule has 2 rings (SSSR count). The van der Waals surface area contributed by atoms with E-state index in [0.29, 0.717) is 16.7 Å². The third-order valence-electron chi connectivity index (χ3n) is 2.74. The maximum atomic E-state index is 6.12. The van der Waals surface area contributed by atoms with E-state index >= 15 is 0 Å². The van der Waals surface area contributed by atoms with E-state index in [4.69, 9.17) is 27.9 Å². The molecule has 0 atom stereocenters. The molecule has 0 aromatic heterocycles. The van der Waals surface area contributed by atoms with Gasteiger partial charge in [0.15, 0.2) is 0 Å². The molecule has 0 heterocycles. The van der Waals surface area contributed by atoms with Crippen LogP contribution in [0.25, 0.3) is 0 Å². The zero-order valence-electron chi connectivity index (χ0n) is 11.9. The standard InChI is InChI=1S/C16H16Cl2N2O/c1-20(2)19-10-12-5-3-6-13(9-12)21-11-14-15(17)7-4-8-16(14)18/h3-10H,11H2,1-2H3/b19-10+. The molecule has 0 aliphatic carbocycles. The SMILES string of the molecule is CN(C)/N=C/c1cccc(OCc2c(Cl)cccc2Cl)c1. The summed E-state index contributed by atoms with van der Waals surface area (Å²) < 4.78 is 5.76. The van der Waals surface area contributed by atoms with E-state index in [1.807, 2.05) is 44.4 Å². The van der Waals surface area contributed by atoms with E-state index in [1.165, 1.54) is 0 Å². The second-order valence-corrected chi connectivity index (χ2v) is 5.47. The molecule has 21 heavy (non-hydrogen) atoms. The third kappa shape index (κ3) is 4.66. The number of rotatable bonds is 5. The Kier molecular flexibility index (Phi) is 5.48. The normalized spacial score (nSPS) is 10.9. The van der Waals surface area contributed by atoms with Crippen LogP contribution in [0.4, 0.5) is 0 Å². The molecule has 0 saturated heterocycles. The molecule has 0 bridgehead atoms. The quantitative estimate of drug-likeness (QED) is 0.599. The Morgan fingerprint density at radius 1 is 1.10 bits per heavy atom. The predicted octanol–water partition coefficient (Wildman–Crippen LogP) is 4.47. The Morgan fingerprint density at radius 2 is 1.76 bits per heavy atom. The highest BCUT2D eigenvalue weighted by atomic mass is 35.5. The van der Waals surface area contributed by atoms with Gasteiger partial charge in [-0.1, -0.05) is 41.4 Å². The van der Waals surface area contributed by atoms with Crippen LogP contribution in [0.1, 0.15) is 11.1 Å². The van der Waals surface area contributed by atoms with Crippen LogP contribution < -0.4 is 4.74 Å². The van der Waals surface area contributed by atoms with E-state index in [1.54, 1.807) is 23.4 Å². The van der Waals surface area contributed by atoms with Crippen LogP contribution in [-0.4, -0.2) is 25.3 Å². The number of halogens is 2. The number of hydrazone groups is 1. The maximum absolute atomic E-state index is 6.12. The summed E-state index contributed by atoms with van der Waals surface area (Å²) in [4.78, 5) is 0. The Hall–Kier alpha value is -1.71. The summed E-state index contributed by atoms with van der Waals surface area (Å²) in [5, 5.41) is 7.14. The van der Waals surface area contributed by atoms with Gasteiger partial charge in [-0.25, -0.2) is 0 Å². The van der Waals surface area contributed by atoms with Crippen LogP contribution >= 0.6 is 23.2 Å². The van der Waals surface area contributed by atoms with Crippen LogP contribution in [0.5, 0.6) is 5.75 Å². The third-order valence-corrected chi connectivity index (χ3v) is 3.45. The summed E-state index contributed by atoms with van der Waals surface area (Å²) in [6, 6.07) is 13.1. The van der Waals surface area contributed by atoms with E-state index in [-0.39, 0.29) is 0 Å². The molecule has 0 spiro atoms. The lowest BCUT2D eigenvalue weighted by Crippen LogP contribution is -2.02. The van der Waals surface area contributed by atoms with Crippen LogP contribution in [0.3, 0.4) is 0 Å². The summed E-state index contributed by atoms with van der Waals surface area (Å²) in [5.74, 6) is 0.744. The highest BCUT2D eigenvalue weighted by Gasteiger charge is 2.06. The minimum Gasteiger partial charge on any atom is -0.489 e. The Bertz CT molecular complexity index is 622. The lowest BCUT2D eigenvalue weighted by molar-refractivity contribution is 0.306. The molecule has 0 amide bonds. The number of ether oxygens (including phenoxy) is 1. The molecule has 110 valence electrons. The first kappa shape index (κ1) is 15.7. The number of nitrogens with zero attached hydrogens (tertiary/aromatic N) is 2. The minimum absolute atomic E-state index is 0.326. The van der Waals surface area contributed by atoms with Gasteiger partial charge in [0.25, 0.3) is 0 Å². The second kappa shape index (κ2) is 7.34. The molecule has 0 saturated carbocycles. The zero-order valence-corrected chi connectivity index (χ0v) is 13.4. The van der Waals surface area contributed by atoms with Crippen molar-refractivity contribution in [1.82, 2.24) is 5.01 Å². The topological polar surface area (TPSA) is 24.8 Å². The highest BCUT2D eigenvalue weighted by molar-refractivity contribution is 6.35. The van der Waals surface area contributed by atoms with Crippen LogP contribution in [-0.2, 0) is 6.61 Å². The molecular formula is C16H16Cl2N2O. The van der Waals surface area contributed by atoms with Gasteiger partial charge in [-0.2, -0.15) is 5.10 Å². The van der Waals surface area contributed by atoms with Crippen molar-refractivity contribution in [3.63, 3.8) is 0 Å². The molecule has 0 N–H and O–H groups in total. The Morgan fingerprint density at radius 3 is 2.43 bits per heavy atom. The molecule has 2 aromatic rings. The fraction of sp³-hybridized carbons (Fsp3) is 0.188. The predicted molar refractivity (Wildman–Crippen MR) is 88.5 cm³/mol. The second-order valence-electron chi connectivity index (χ2n) is 4.65. The first-order valence-corrected chi connectivity index (χ1v) is 7.19. The highest BCUT2D eigenvalue weighted by Crippen LogP contribution is 2.25. The van der Waals surface area contributed by atoms with Crippen molar-refractivity contribution in [3.05, 3.63) is 63.6 Å². The molecule has 0 unspecified atom stereocenters. The smallest absolute Gasteiger partial charge is 0.120 e. The number of hydrogen-bond acceptors (Lipinski definition) is 3. The van der Waals surface area contributed by atoms with Crippen molar-refractivity contribution in [2.24, 2.45) is 5.10 Å². The molecule has 0 fully saturated rings. The Labute approximate surface area is 134 Å². The van der Waals surface area contributed by atoms with Crippen LogP contribution in [0.15, 0.2) is 47.6 Å². The van der Waals surface area contributed by atoms with E-state index in [9.17, 15) is 0 Å². The van der Waals surface area contributed by atoms with E-state index < -0.39 is 0 Å². The van der Waals surface area contributed by atoms with Gasteiger partial charge >= 0.3 is 0 Å². The summed E-state index contributed by atoms with van der Waals surface area (Å²) in [6.07, 6.45) is 1.77. The molecule has 0 radical (unpaired) electrons. The first-order chi connectivity index (χ1) is 10.1. The average molecular weight is 323 g/mol. The zero-order chi connectivity index (χ0) is 15.2. The fourth-order valence-electron chi connectivity index (χ4n) is 1.69. The fourth-order valence-corrected chi connectivity index (χ4v) is 2.20. The largest absolute Gasteiger partial charge is 0.489 e. The van der Waals surface area contributed by atoms with Gasteiger partial charge in [-0.15, -0.1) is 0 Å². The number of hydrogen-bond donors (Lipinski definition) is 0. The van der Waals surface area contributed by atoms with Crippen molar-refractivity contribution in [1.29, 1.82) is 0 Å². The summed E-state index contributed by atoms with van der Waals surface area (Å²) in [5.41, 5.74) is 1.75. The maximum Gasteiger partial charge on any atom is 0.120 e. The van der Waals surface area contributed by atoms with Crippen LogP contribution in [0.2, 0.25) is 10.0 Å². The first-order valence-electron chi connectivity index (χ1n) is 6.43. The van der Waals surface area contributed by atoms with Gasteiger partial charge in [-0.3, -0.25) is 0 Å². The van der Waals surface area contributed by atoms with E-state index in [0.717, 1.165) is 16.9 Å². The van der Waals surface area contributed by atoms with Gasteiger partial charge in [0.1, 0.15) is 12.4 Å². The summed E-state index contributed by atoms with van der Waals surface area (Å²) in [6.45, 7) is 0.326. The molecule has 5 heteroatoms. The van der Waals surface area contributed by atoms with E-state index in [2.05, 4.69) is 5.10 Å². The summed E-state index contributed by atoms with van der Waals surface area (Å²) in [7, 11) is 3.74. The summed E-state index contributed by atoms with van der Waals surface area (Å²) >= 11 is 12.2. The van der Waals surface area contributed by atoms with Crippen molar-refractivity contribution >= 4 is 29.4 Å².